The van der Waals surface area contributed by atoms with E-state index in [2.05, 4.69) is 16.4 Å². The Labute approximate surface area is 112 Å². The molecule has 5 heteroatoms. The first kappa shape index (κ1) is 13.3. The molecule has 2 aromatic heterocycles. The van der Waals surface area contributed by atoms with Crippen molar-refractivity contribution in [3.63, 3.8) is 0 Å². The normalized spacial score (nSPS) is 10.6. The van der Waals surface area contributed by atoms with Crippen LogP contribution in [0.1, 0.15) is 13.8 Å². The van der Waals surface area contributed by atoms with Gasteiger partial charge in [0, 0.05) is 29.8 Å². The van der Waals surface area contributed by atoms with Crippen molar-refractivity contribution in [2.75, 3.05) is 13.2 Å². The second-order valence-corrected chi connectivity index (χ2v) is 4.64. The molecular weight excluding hydrogens is 245 g/mol. The van der Waals surface area contributed by atoms with E-state index < -0.39 is 0 Å². The monoisotopic (exact) mass is 261 g/mol. The minimum atomic E-state index is -0.262. The van der Waals surface area contributed by atoms with Gasteiger partial charge in [0.1, 0.15) is 0 Å². The SMILES string of the molecule is CCOB(OCC)c1cc(-c2ccccn2)cs1. The summed E-state index contributed by atoms with van der Waals surface area (Å²) in [5.74, 6) is 0. The summed E-state index contributed by atoms with van der Waals surface area (Å²) >= 11 is 1.64. The molecule has 0 bridgehead atoms. The minimum Gasteiger partial charge on any atom is -0.407 e. The van der Waals surface area contributed by atoms with E-state index in [0.717, 1.165) is 16.0 Å². The molecule has 0 unspecified atom stereocenters. The molecule has 2 rings (SSSR count). The third-order valence-electron chi connectivity index (χ3n) is 2.45. The summed E-state index contributed by atoms with van der Waals surface area (Å²) in [6.45, 7) is 5.22. The van der Waals surface area contributed by atoms with Gasteiger partial charge in [0.05, 0.1) is 5.69 Å². The molecule has 0 aliphatic rings. The van der Waals surface area contributed by atoms with Gasteiger partial charge in [-0.3, -0.25) is 4.98 Å². The quantitative estimate of drug-likeness (QED) is 0.749. The summed E-state index contributed by atoms with van der Waals surface area (Å²) in [6.07, 6.45) is 1.80. The lowest BCUT2D eigenvalue weighted by atomic mass is 9.87. The van der Waals surface area contributed by atoms with Crippen molar-refractivity contribution in [2.24, 2.45) is 0 Å². The van der Waals surface area contributed by atoms with E-state index >= 15 is 0 Å². The lowest BCUT2D eigenvalue weighted by Crippen LogP contribution is -2.34. The molecule has 2 heterocycles. The molecule has 0 spiro atoms. The predicted octanol–water partition coefficient (Wildman–Crippen LogP) is 2.58. The lowest BCUT2D eigenvalue weighted by Gasteiger charge is -2.09. The molecule has 0 aliphatic heterocycles. The Morgan fingerprint density at radius 3 is 2.61 bits per heavy atom. The molecule has 0 saturated carbocycles. The second-order valence-electron chi connectivity index (χ2n) is 3.70. The molecule has 0 radical (unpaired) electrons. The zero-order chi connectivity index (χ0) is 12.8. The Morgan fingerprint density at radius 1 is 1.22 bits per heavy atom. The van der Waals surface area contributed by atoms with Gasteiger partial charge in [0.2, 0.25) is 0 Å². The summed E-state index contributed by atoms with van der Waals surface area (Å²) in [5, 5.41) is 2.09. The molecule has 0 atom stereocenters. The molecular formula is C13H16BNO2S. The maximum Gasteiger partial charge on any atom is 0.504 e. The van der Waals surface area contributed by atoms with E-state index in [4.69, 9.17) is 9.31 Å². The zero-order valence-corrected chi connectivity index (χ0v) is 11.4. The van der Waals surface area contributed by atoms with E-state index in [0.29, 0.717) is 13.2 Å². The zero-order valence-electron chi connectivity index (χ0n) is 10.6. The predicted molar refractivity (Wildman–Crippen MR) is 76.2 cm³/mol. The number of hydrogen-bond acceptors (Lipinski definition) is 4. The first-order valence-electron chi connectivity index (χ1n) is 6.08. The molecule has 0 amide bonds. The lowest BCUT2D eigenvalue weighted by molar-refractivity contribution is 0.226. The van der Waals surface area contributed by atoms with Crippen molar-refractivity contribution >= 4 is 23.2 Å². The van der Waals surface area contributed by atoms with Gasteiger partial charge in [0.25, 0.3) is 0 Å². The summed E-state index contributed by atoms with van der Waals surface area (Å²) in [6, 6.07) is 7.99. The smallest absolute Gasteiger partial charge is 0.407 e. The number of nitrogens with zero attached hydrogens (tertiary/aromatic N) is 1. The minimum absolute atomic E-state index is 0.262. The number of rotatable bonds is 6. The number of pyridine rings is 1. The van der Waals surface area contributed by atoms with Gasteiger partial charge >= 0.3 is 7.12 Å². The Kier molecular flexibility index (Phi) is 4.93. The van der Waals surface area contributed by atoms with E-state index in [1.54, 1.807) is 17.5 Å². The third-order valence-corrected chi connectivity index (χ3v) is 3.40. The average molecular weight is 261 g/mol. The summed E-state index contributed by atoms with van der Waals surface area (Å²) in [5.41, 5.74) is 2.09. The highest BCUT2D eigenvalue weighted by Gasteiger charge is 2.22. The maximum absolute atomic E-state index is 5.59. The van der Waals surface area contributed by atoms with E-state index in [1.165, 1.54) is 0 Å². The van der Waals surface area contributed by atoms with Crippen LogP contribution in [0.3, 0.4) is 0 Å². The first-order chi connectivity index (χ1) is 8.85. The average Bonchev–Trinajstić information content (AvgIpc) is 2.89. The van der Waals surface area contributed by atoms with Gasteiger partial charge in [-0.15, -0.1) is 0 Å². The fourth-order valence-electron chi connectivity index (χ4n) is 1.66. The van der Waals surface area contributed by atoms with Crippen LogP contribution in [0.4, 0.5) is 0 Å². The maximum atomic E-state index is 5.59. The molecule has 0 aliphatic carbocycles. The largest absolute Gasteiger partial charge is 0.504 e. The summed E-state index contributed by atoms with van der Waals surface area (Å²) in [4.78, 5) is 4.34. The van der Waals surface area contributed by atoms with Crippen molar-refractivity contribution in [2.45, 2.75) is 13.8 Å². The Hall–Kier alpha value is -1.17. The summed E-state index contributed by atoms with van der Waals surface area (Å²) in [7, 11) is -0.262. The third kappa shape index (κ3) is 3.19. The molecule has 0 fully saturated rings. The highest BCUT2D eigenvalue weighted by molar-refractivity contribution is 7.21. The van der Waals surface area contributed by atoms with Gasteiger partial charge in [-0.1, -0.05) is 6.07 Å². The summed E-state index contributed by atoms with van der Waals surface area (Å²) < 4.78 is 12.3. The van der Waals surface area contributed by atoms with Crippen molar-refractivity contribution in [3.05, 3.63) is 35.8 Å². The van der Waals surface area contributed by atoms with Crippen LogP contribution in [-0.4, -0.2) is 25.3 Å². The van der Waals surface area contributed by atoms with Crippen LogP contribution in [0.5, 0.6) is 0 Å². The second kappa shape index (κ2) is 6.68. The molecule has 94 valence electrons. The van der Waals surface area contributed by atoms with E-state index in [9.17, 15) is 0 Å². The Balaban J connectivity index is 2.18. The number of thiophene rings is 1. The fourth-order valence-corrected chi connectivity index (χ4v) is 2.55. The molecule has 0 aromatic carbocycles. The van der Waals surface area contributed by atoms with Gasteiger partial charge in [-0.2, -0.15) is 11.3 Å². The van der Waals surface area contributed by atoms with Crippen LogP contribution in [0.2, 0.25) is 0 Å². The topological polar surface area (TPSA) is 31.4 Å². The van der Waals surface area contributed by atoms with Crippen molar-refractivity contribution in [3.8, 4) is 11.3 Å². The van der Waals surface area contributed by atoms with Crippen LogP contribution in [0.15, 0.2) is 35.8 Å². The van der Waals surface area contributed by atoms with Crippen LogP contribution in [0, 0.1) is 0 Å². The molecule has 3 nitrogen and oxygen atoms in total. The van der Waals surface area contributed by atoms with Crippen molar-refractivity contribution in [1.29, 1.82) is 0 Å². The van der Waals surface area contributed by atoms with Crippen LogP contribution < -0.4 is 4.78 Å². The number of hydrogen-bond donors (Lipinski definition) is 0. The van der Waals surface area contributed by atoms with Crippen molar-refractivity contribution < 1.29 is 9.31 Å². The molecule has 2 aromatic rings. The highest BCUT2D eigenvalue weighted by atomic mass is 32.1. The first-order valence-corrected chi connectivity index (χ1v) is 6.96. The molecule has 18 heavy (non-hydrogen) atoms. The van der Waals surface area contributed by atoms with Crippen LogP contribution in [-0.2, 0) is 9.31 Å². The molecule has 0 N–H and O–H groups in total. The Morgan fingerprint density at radius 2 is 2.00 bits per heavy atom. The van der Waals surface area contributed by atoms with Gasteiger partial charge in [-0.05, 0) is 37.4 Å². The molecule has 0 saturated heterocycles. The van der Waals surface area contributed by atoms with Crippen LogP contribution >= 0.6 is 11.3 Å². The standard InChI is InChI=1S/C13H16BNO2S/c1-3-16-14(17-4-2)13-9-11(10-18-13)12-7-5-6-8-15-12/h5-10H,3-4H2,1-2H3. The van der Waals surface area contributed by atoms with Gasteiger partial charge < -0.3 is 9.31 Å². The van der Waals surface area contributed by atoms with E-state index in [1.807, 2.05) is 32.0 Å². The number of aromatic nitrogens is 1. The van der Waals surface area contributed by atoms with Crippen molar-refractivity contribution in [1.82, 2.24) is 4.98 Å². The Bertz CT molecular complexity index is 469. The highest BCUT2D eigenvalue weighted by Crippen LogP contribution is 2.18. The fraction of sp³-hybridized carbons (Fsp3) is 0.308. The van der Waals surface area contributed by atoms with E-state index in [-0.39, 0.29) is 7.12 Å². The van der Waals surface area contributed by atoms with Gasteiger partial charge in [0.15, 0.2) is 0 Å². The van der Waals surface area contributed by atoms with Crippen LogP contribution in [0.25, 0.3) is 11.3 Å². The van der Waals surface area contributed by atoms with Gasteiger partial charge in [-0.25, -0.2) is 0 Å².